The Morgan fingerprint density at radius 3 is 2.67 bits per heavy atom. The number of tetrazole rings is 1. The summed E-state index contributed by atoms with van der Waals surface area (Å²) in [5, 5.41) is 12.9. The fourth-order valence-corrected chi connectivity index (χ4v) is 3.15. The van der Waals surface area contributed by atoms with Crippen LogP contribution in [0, 0.1) is 0 Å². The highest BCUT2D eigenvalue weighted by Crippen LogP contribution is 2.18. The summed E-state index contributed by atoms with van der Waals surface area (Å²) in [7, 11) is 1.74. The normalized spacial score (nSPS) is 10.6. The number of amides is 1. The number of carbonyl (C=O) groups is 1. The predicted octanol–water partition coefficient (Wildman–Crippen LogP) is 2.95. The summed E-state index contributed by atoms with van der Waals surface area (Å²) in [6.45, 7) is 0.877. The van der Waals surface area contributed by atoms with Gasteiger partial charge in [0.2, 0.25) is 11.1 Å². The average molecular weight is 404 g/mol. The Morgan fingerprint density at radius 2 is 1.93 bits per heavy atom. The molecular formula is C18H18ClN5O2S. The maximum atomic E-state index is 12.3. The van der Waals surface area contributed by atoms with Crippen molar-refractivity contribution in [2.45, 2.75) is 5.16 Å². The average Bonchev–Trinajstić information content (AvgIpc) is 3.17. The Bertz CT molecular complexity index is 873. The zero-order chi connectivity index (χ0) is 19.1. The van der Waals surface area contributed by atoms with Crippen LogP contribution in [0.15, 0.2) is 59.8 Å². The van der Waals surface area contributed by atoms with Gasteiger partial charge in [0.25, 0.3) is 0 Å². The van der Waals surface area contributed by atoms with Gasteiger partial charge < -0.3 is 9.64 Å². The number of benzene rings is 2. The highest BCUT2D eigenvalue weighted by Gasteiger charge is 2.14. The molecule has 0 unspecified atom stereocenters. The van der Waals surface area contributed by atoms with E-state index in [4.69, 9.17) is 16.3 Å². The van der Waals surface area contributed by atoms with Crippen molar-refractivity contribution >= 4 is 29.3 Å². The zero-order valence-electron chi connectivity index (χ0n) is 14.7. The van der Waals surface area contributed by atoms with E-state index in [1.54, 1.807) is 40.9 Å². The van der Waals surface area contributed by atoms with E-state index in [1.165, 1.54) is 11.8 Å². The summed E-state index contributed by atoms with van der Waals surface area (Å²) in [5.41, 5.74) is 0.849. The van der Waals surface area contributed by atoms with Crippen LogP contribution >= 0.6 is 23.4 Å². The Morgan fingerprint density at radius 1 is 1.19 bits per heavy atom. The molecule has 0 N–H and O–H groups in total. The molecule has 1 aromatic heterocycles. The number of aromatic nitrogens is 4. The van der Waals surface area contributed by atoms with Gasteiger partial charge in [-0.15, -0.1) is 5.10 Å². The Kier molecular flexibility index (Phi) is 6.67. The van der Waals surface area contributed by atoms with E-state index in [1.807, 2.05) is 30.3 Å². The first kappa shape index (κ1) is 19.2. The highest BCUT2D eigenvalue weighted by molar-refractivity contribution is 7.99. The number of para-hydroxylation sites is 1. The van der Waals surface area contributed by atoms with Gasteiger partial charge >= 0.3 is 0 Å². The largest absolute Gasteiger partial charge is 0.492 e. The van der Waals surface area contributed by atoms with Crippen LogP contribution in [0.3, 0.4) is 0 Å². The van der Waals surface area contributed by atoms with E-state index in [9.17, 15) is 4.79 Å². The van der Waals surface area contributed by atoms with Gasteiger partial charge in [0.05, 0.1) is 18.0 Å². The number of hydrogen-bond acceptors (Lipinski definition) is 6. The molecule has 140 valence electrons. The van der Waals surface area contributed by atoms with Crippen molar-refractivity contribution in [1.82, 2.24) is 25.1 Å². The molecule has 3 rings (SSSR count). The van der Waals surface area contributed by atoms with E-state index in [-0.39, 0.29) is 11.7 Å². The summed E-state index contributed by atoms with van der Waals surface area (Å²) < 4.78 is 7.23. The number of carbonyl (C=O) groups excluding carboxylic acids is 1. The monoisotopic (exact) mass is 403 g/mol. The van der Waals surface area contributed by atoms with Crippen molar-refractivity contribution in [2.75, 3.05) is 26.0 Å². The smallest absolute Gasteiger partial charge is 0.232 e. The molecule has 0 spiro atoms. The van der Waals surface area contributed by atoms with Crippen LogP contribution in [0.2, 0.25) is 5.02 Å². The van der Waals surface area contributed by atoms with Gasteiger partial charge in [-0.05, 0) is 46.8 Å². The number of halogens is 1. The Balaban J connectivity index is 1.46. The van der Waals surface area contributed by atoms with E-state index < -0.39 is 0 Å². The SMILES string of the molecule is CN(CCOc1ccc(Cl)cc1)C(=O)CSc1nnnn1-c1ccccc1. The van der Waals surface area contributed by atoms with Crippen molar-refractivity contribution in [1.29, 1.82) is 0 Å². The molecule has 1 heterocycles. The molecule has 1 amide bonds. The molecule has 0 saturated carbocycles. The lowest BCUT2D eigenvalue weighted by Gasteiger charge is -2.17. The van der Waals surface area contributed by atoms with Crippen LogP contribution in [0.25, 0.3) is 5.69 Å². The second kappa shape index (κ2) is 9.38. The third kappa shape index (κ3) is 5.45. The molecule has 3 aromatic rings. The van der Waals surface area contributed by atoms with Gasteiger partial charge in [0, 0.05) is 12.1 Å². The lowest BCUT2D eigenvalue weighted by atomic mass is 10.3. The first-order chi connectivity index (χ1) is 13.1. The Labute approximate surface area is 166 Å². The van der Waals surface area contributed by atoms with Crippen molar-refractivity contribution in [3.63, 3.8) is 0 Å². The molecule has 0 fully saturated rings. The zero-order valence-corrected chi connectivity index (χ0v) is 16.2. The summed E-state index contributed by atoms with van der Waals surface area (Å²) in [6.07, 6.45) is 0. The number of likely N-dealkylation sites (N-methyl/N-ethyl adjacent to an activating group) is 1. The van der Waals surface area contributed by atoms with Crippen LogP contribution in [-0.2, 0) is 4.79 Å². The highest BCUT2D eigenvalue weighted by atomic mass is 35.5. The standard InChI is InChI=1S/C18H18ClN5O2S/c1-23(11-12-26-16-9-7-14(19)8-10-16)17(25)13-27-18-20-21-22-24(18)15-5-3-2-4-6-15/h2-10H,11-13H2,1H3. The maximum Gasteiger partial charge on any atom is 0.232 e. The third-order valence-corrected chi connectivity index (χ3v) is 4.86. The quantitative estimate of drug-likeness (QED) is 0.538. The molecule has 0 aliphatic carbocycles. The second-order valence-corrected chi connectivity index (χ2v) is 6.99. The van der Waals surface area contributed by atoms with Crippen LogP contribution in [0.5, 0.6) is 5.75 Å². The van der Waals surface area contributed by atoms with E-state index in [2.05, 4.69) is 15.5 Å². The second-order valence-electron chi connectivity index (χ2n) is 5.62. The van der Waals surface area contributed by atoms with Gasteiger partial charge in [-0.1, -0.05) is 41.6 Å². The predicted molar refractivity (Wildman–Crippen MR) is 104 cm³/mol. The molecular weight excluding hydrogens is 386 g/mol. The number of hydrogen-bond donors (Lipinski definition) is 0. The van der Waals surface area contributed by atoms with Crippen molar-refractivity contribution in [3.05, 3.63) is 59.6 Å². The Hall–Kier alpha value is -2.58. The first-order valence-corrected chi connectivity index (χ1v) is 9.59. The topological polar surface area (TPSA) is 73.1 Å². The van der Waals surface area contributed by atoms with Crippen molar-refractivity contribution in [2.24, 2.45) is 0 Å². The molecule has 0 saturated heterocycles. The fourth-order valence-electron chi connectivity index (χ4n) is 2.19. The minimum Gasteiger partial charge on any atom is -0.492 e. The maximum absolute atomic E-state index is 12.3. The minimum absolute atomic E-state index is 0.0256. The van der Waals surface area contributed by atoms with Crippen LogP contribution < -0.4 is 4.74 Å². The molecule has 0 aliphatic rings. The van der Waals surface area contributed by atoms with Gasteiger partial charge in [0.1, 0.15) is 12.4 Å². The lowest BCUT2D eigenvalue weighted by molar-refractivity contribution is -0.127. The minimum atomic E-state index is -0.0256. The van der Waals surface area contributed by atoms with E-state index >= 15 is 0 Å². The first-order valence-electron chi connectivity index (χ1n) is 8.22. The molecule has 0 atom stereocenters. The molecule has 0 radical (unpaired) electrons. The number of nitrogens with zero attached hydrogens (tertiary/aromatic N) is 5. The molecule has 0 aliphatic heterocycles. The van der Waals surface area contributed by atoms with Crippen LogP contribution in [-0.4, -0.2) is 57.0 Å². The van der Waals surface area contributed by atoms with Crippen LogP contribution in [0.1, 0.15) is 0 Å². The molecule has 7 nitrogen and oxygen atoms in total. The molecule has 27 heavy (non-hydrogen) atoms. The summed E-state index contributed by atoms with van der Waals surface area (Å²) in [6, 6.07) is 16.7. The van der Waals surface area contributed by atoms with Gasteiger partial charge in [-0.2, -0.15) is 4.68 Å². The number of rotatable bonds is 8. The fraction of sp³-hybridized carbons (Fsp3) is 0.222. The molecule has 2 aromatic carbocycles. The van der Waals surface area contributed by atoms with Gasteiger partial charge in [-0.25, -0.2) is 0 Å². The number of thioether (sulfide) groups is 1. The number of ether oxygens (including phenoxy) is 1. The summed E-state index contributed by atoms with van der Waals surface area (Å²) >= 11 is 7.14. The van der Waals surface area contributed by atoms with Gasteiger partial charge in [0.15, 0.2) is 0 Å². The van der Waals surface area contributed by atoms with E-state index in [0.29, 0.717) is 23.3 Å². The van der Waals surface area contributed by atoms with Gasteiger partial charge in [-0.3, -0.25) is 4.79 Å². The summed E-state index contributed by atoms with van der Waals surface area (Å²) in [5.74, 6) is 0.934. The lowest BCUT2D eigenvalue weighted by Crippen LogP contribution is -2.32. The summed E-state index contributed by atoms with van der Waals surface area (Å²) in [4.78, 5) is 14.0. The third-order valence-electron chi connectivity index (χ3n) is 3.70. The molecule has 9 heteroatoms. The van der Waals surface area contributed by atoms with Crippen LogP contribution in [0.4, 0.5) is 0 Å². The van der Waals surface area contributed by atoms with E-state index in [0.717, 1.165) is 11.4 Å². The van der Waals surface area contributed by atoms with Crippen molar-refractivity contribution < 1.29 is 9.53 Å². The van der Waals surface area contributed by atoms with Crippen molar-refractivity contribution in [3.8, 4) is 11.4 Å². The molecule has 0 bridgehead atoms.